The first-order valence-corrected chi connectivity index (χ1v) is 6.09. The minimum Gasteiger partial charge on any atom is -0.399 e. The van der Waals surface area contributed by atoms with Gasteiger partial charge in [0.2, 0.25) is 0 Å². The molecular formula is C16H15N3. The zero-order valence-electron chi connectivity index (χ0n) is 10.4. The molecule has 94 valence electrons. The molecule has 0 bridgehead atoms. The molecule has 19 heavy (non-hydrogen) atoms. The maximum Gasteiger partial charge on any atom is 0.0414 e. The highest BCUT2D eigenvalue weighted by Crippen LogP contribution is 2.35. The van der Waals surface area contributed by atoms with Crippen molar-refractivity contribution >= 4 is 27.8 Å². The normalized spacial score (nSPS) is 10.7. The van der Waals surface area contributed by atoms with Crippen molar-refractivity contribution < 1.29 is 0 Å². The van der Waals surface area contributed by atoms with Crippen LogP contribution in [0.5, 0.6) is 0 Å². The Bertz CT molecular complexity index is 763. The zero-order chi connectivity index (χ0) is 13.4. The van der Waals surface area contributed by atoms with Gasteiger partial charge in [-0.05, 0) is 29.1 Å². The third-order valence-corrected chi connectivity index (χ3v) is 3.32. The van der Waals surface area contributed by atoms with Crippen LogP contribution >= 0.6 is 0 Å². The number of nitrogen functional groups attached to an aromatic ring is 3. The Morgan fingerprint density at radius 1 is 0.579 bits per heavy atom. The molecule has 0 heterocycles. The van der Waals surface area contributed by atoms with Crippen molar-refractivity contribution in [2.45, 2.75) is 0 Å². The second kappa shape index (κ2) is 4.21. The van der Waals surface area contributed by atoms with Gasteiger partial charge in [-0.2, -0.15) is 0 Å². The van der Waals surface area contributed by atoms with Crippen molar-refractivity contribution in [2.75, 3.05) is 17.2 Å². The first kappa shape index (κ1) is 11.4. The molecule has 0 fully saturated rings. The molecule has 0 saturated heterocycles. The molecule has 0 aliphatic heterocycles. The summed E-state index contributed by atoms with van der Waals surface area (Å²) in [6.45, 7) is 0. The molecule has 3 heteroatoms. The average molecular weight is 249 g/mol. The molecule has 3 rings (SSSR count). The van der Waals surface area contributed by atoms with E-state index in [4.69, 9.17) is 17.2 Å². The Balaban J connectivity index is 2.34. The van der Waals surface area contributed by atoms with E-state index >= 15 is 0 Å². The van der Waals surface area contributed by atoms with Gasteiger partial charge >= 0.3 is 0 Å². The van der Waals surface area contributed by atoms with Gasteiger partial charge in [-0.15, -0.1) is 0 Å². The summed E-state index contributed by atoms with van der Waals surface area (Å²) in [6, 6.07) is 17.5. The van der Waals surface area contributed by atoms with Gasteiger partial charge in [0.15, 0.2) is 0 Å². The molecule has 0 spiro atoms. The predicted octanol–water partition coefficient (Wildman–Crippen LogP) is 3.25. The maximum absolute atomic E-state index is 6.07. The summed E-state index contributed by atoms with van der Waals surface area (Å²) in [5.74, 6) is 0. The van der Waals surface area contributed by atoms with E-state index < -0.39 is 0 Å². The summed E-state index contributed by atoms with van der Waals surface area (Å²) in [6.07, 6.45) is 0. The fourth-order valence-electron chi connectivity index (χ4n) is 2.38. The summed E-state index contributed by atoms with van der Waals surface area (Å²) in [5, 5.41) is 2.13. The van der Waals surface area contributed by atoms with E-state index in [9.17, 15) is 0 Å². The summed E-state index contributed by atoms with van der Waals surface area (Å²) in [5.41, 5.74) is 22.0. The molecule has 3 nitrogen and oxygen atoms in total. The highest BCUT2D eigenvalue weighted by atomic mass is 14.6. The Hall–Kier alpha value is -2.68. The summed E-state index contributed by atoms with van der Waals surface area (Å²) < 4.78 is 0. The molecule has 3 aromatic carbocycles. The van der Waals surface area contributed by atoms with Crippen LogP contribution in [0.25, 0.3) is 21.9 Å². The highest BCUT2D eigenvalue weighted by Gasteiger charge is 2.08. The van der Waals surface area contributed by atoms with Crippen LogP contribution in [-0.2, 0) is 0 Å². The topological polar surface area (TPSA) is 78.1 Å². The smallest absolute Gasteiger partial charge is 0.0414 e. The largest absolute Gasteiger partial charge is 0.399 e. The minimum atomic E-state index is 0.668. The number of anilines is 3. The van der Waals surface area contributed by atoms with Gasteiger partial charge in [-0.3, -0.25) is 0 Å². The van der Waals surface area contributed by atoms with Crippen molar-refractivity contribution in [1.82, 2.24) is 0 Å². The number of hydrogen-bond acceptors (Lipinski definition) is 3. The van der Waals surface area contributed by atoms with Crippen LogP contribution in [0.1, 0.15) is 0 Å². The third kappa shape index (κ3) is 1.85. The van der Waals surface area contributed by atoms with Crippen molar-refractivity contribution in [1.29, 1.82) is 0 Å². The summed E-state index contributed by atoms with van der Waals surface area (Å²) in [7, 11) is 0. The maximum atomic E-state index is 6.07. The molecule has 0 atom stereocenters. The molecule has 6 N–H and O–H groups in total. The van der Waals surface area contributed by atoms with Crippen LogP contribution < -0.4 is 17.2 Å². The fourth-order valence-corrected chi connectivity index (χ4v) is 2.38. The van der Waals surface area contributed by atoms with Gasteiger partial charge in [0.1, 0.15) is 0 Å². The van der Waals surface area contributed by atoms with Crippen molar-refractivity contribution in [3.63, 3.8) is 0 Å². The van der Waals surface area contributed by atoms with Gasteiger partial charge in [0.05, 0.1) is 0 Å². The molecule has 0 aromatic heterocycles. The number of hydrogen-bond donors (Lipinski definition) is 3. The van der Waals surface area contributed by atoms with Crippen molar-refractivity contribution in [2.24, 2.45) is 0 Å². The average Bonchev–Trinajstić information content (AvgIpc) is 2.41. The van der Waals surface area contributed by atoms with Crippen LogP contribution in [0.4, 0.5) is 17.1 Å². The number of rotatable bonds is 1. The van der Waals surface area contributed by atoms with E-state index in [1.165, 1.54) is 0 Å². The minimum absolute atomic E-state index is 0.668. The molecular weight excluding hydrogens is 234 g/mol. The van der Waals surface area contributed by atoms with Crippen LogP contribution in [0.2, 0.25) is 0 Å². The number of benzene rings is 3. The fraction of sp³-hybridized carbons (Fsp3) is 0. The second-order valence-electron chi connectivity index (χ2n) is 4.59. The molecule has 3 aromatic rings. The Labute approximate surface area is 111 Å². The monoisotopic (exact) mass is 249 g/mol. The van der Waals surface area contributed by atoms with Crippen LogP contribution in [0, 0.1) is 0 Å². The van der Waals surface area contributed by atoms with E-state index in [0.717, 1.165) is 27.6 Å². The van der Waals surface area contributed by atoms with E-state index in [0.29, 0.717) is 11.4 Å². The molecule has 0 unspecified atom stereocenters. The van der Waals surface area contributed by atoms with Gasteiger partial charge in [0, 0.05) is 28.0 Å². The third-order valence-electron chi connectivity index (χ3n) is 3.32. The van der Waals surface area contributed by atoms with E-state index in [1.54, 1.807) is 6.07 Å². The lowest BCUT2D eigenvalue weighted by Gasteiger charge is -2.11. The Morgan fingerprint density at radius 2 is 1.26 bits per heavy atom. The Morgan fingerprint density at radius 3 is 2.00 bits per heavy atom. The van der Waals surface area contributed by atoms with Crippen LogP contribution in [0.3, 0.4) is 0 Å². The van der Waals surface area contributed by atoms with E-state index in [-0.39, 0.29) is 0 Å². The summed E-state index contributed by atoms with van der Waals surface area (Å²) in [4.78, 5) is 0. The van der Waals surface area contributed by atoms with Crippen LogP contribution in [0.15, 0.2) is 54.6 Å². The zero-order valence-corrected chi connectivity index (χ0v) is 10.4. The quantitative estimate of drug-likeness (QED) is 0.579. The molecule has 0 saturated carbocycles. The summed E-state index contributed by atoms with van der Waals surface area (Å²) >= 11 is 0. The predicted molar refractivity (Wildman–Crippen MR) is 82.6 cm³/mol. The Kier molecular flexibility index (Phi) is 2.53. The van der Waals surface area contributed by atoms with Crippen molar-refractivity contribution in [3.05, 3.63) is 54.6 Å². The van der Waals surface area contributed by atoms with Gasteiger partial charge < -0.3 is 17.2 Å². The molecule has 0 radical (unpaired) electrons. The van der Waals surface area contributed by atoms with Crippen molar-refractivity contribution in [3.8, 4) is 11.1 Å². The number of fused-ring (bicyclic) bond motifs is 1. The second-order valence-corrected chi connectivity index (χ2v) is 4.59. The van der Waals surface area contributed by atoms with Crippen LogP contribution in [-0.4, -0.2) is 0 Å². The number of nitrogens with two attached hydrogens (primary N) is 3. The first-order valence-electron chi connectivity index (χ1n) is 6.09. The molecule has 0 amide bonds. The standard InChI is InChI=1S/C16H15N3/c17-10-5-6-14(16(19)9-10)12-7-8-15(18)13-4-2-1-3-11(12)13/h1-9H,17-19H2. The van der Waals surface area contributed by atoms with E-state index in [1.807, 2.05) is 42.5 Å². The van der Waals surface area contributed by atoms with Gasteiger partial charge in [-0.1, -0.05) is 36.4 Å². The SMILES string of the molecule is Nc1ccc(-c2ccc(N)c3ccccc23)c(N)c1. The lowest BCUT2D eigenvalue weighted by Crippen LogP contribution is -1.95. The van der Waals surface area contributed by atoms with E-state index in [2.05, 4.69) is 6.07 Å². The first-order chi connectivity index (χ1) is 9.16. The van der Waals surface area contributed by atoms with Gasteiger partial charge in [0.25, 0.3) is 0 Å². The highest BCUT2D eigenvalue weighted by molar-refractivity contribution is 6.04. The lowest BCUT2D eigenvalue weighted by atomic mass is 9.96. The lowest BCUT2D eigenvalue weighted by molar-refractivity contribution is 1.63. The molecule has 0 aliphatic rings. The molecule has 0 aliphatic carbocycles. The van der Waals surface area contributed by atoms with Gasteiger partial charge in [-0.25, -0.2) is 0 Å².